The quantitative estimate of drug-likeness (QED) is 0.523. The molecule has 0 aromatic heterocycles. The van der Waals surface area contributed by atoms with Gasteiger partial charge in [0, 0.05) is 36.6 Å². The highest BCUT2D eigenvalue weighted by atomic mass is 32.1. The Morgan fingerprint density at radius 3 is 2.30 bits per heavy atom. The van der Waals surface area contributed by atoms with Gasteiger partial charge in [-0.15, -0.1) is 0 Å². The molecule has 0 saturated carbocycles. The van der Waals surface area contributed by atoms with E-state index in [4.69, 9.17) is 12.2 Å². The molecule has 5 nitrogen and oxygen atoms in total. The molecule has 0 aliphatic heterocycles. The lowest BCUT2D eigenvalue weighted by atomic mass is 10.0. The lowest BCUT2D eigenvalue weighted by Crippen LogP contribution is -2.36. The lowest BCUT2D eigenvalue weighted by Gasteiger charge is -2.31. The van der Waals surface area contributed by atoms with Crippen molar-refractivity contribution in [1.82, 2.24) is 5.32 Å². The molecule has 0 radical (unpaired) electrons. The SMILES string of the molecule is C=C(C)N(CC)c1cc(N(C(=C)c2cc(CC)c(O)cc2O)C(=S)NC)ccc1C. The van der Waals surface area contributed by atoms with Gasteiger partial charge in [-0.3, -0.25) is 4.90 Å². The Bertz CT molecular complexity index is 985. The number of hydrogen-bond donors (Lipinski definition) is 3. The van der Waals surface area contributed by atoms with E-state index >= 15 is 0 Å². The van der Waals surface area contributed by atoms with Gasteiger partial charge in [-0.1, -0.05) is 26.1 Å². The molecular formula is C24H31N3O2S. The average molecular weight is 426 g/mol. The molecule has 0 amide bonds. The fraction of sp³-hybridized carbons (Fsp3) is 0.292. The number of hydrogen-bond acceptors (Lipinski definition) is 4. The third kappa shape index (κ3) is 4.60. The van der Waals surface area contributed by atoms with E-state index in [1.165, 1.54) is 6.07 Å². The van der Waals surface area contributed by atoms with Crippen molar-refractivity contribution in [1.29, 1.82) is 0 Å². The molecule has 0 aliphatic carbocycles. The van der Waals surface area contributed by atoms with Crippen LogP contribution in [-0.2, 0) is 6.42 Å². The summed E-state index contributed by atoms with van der Waals surface area (Å²) in [7, 11) is 1.75. The Hall–Kier alpha value is -2.99. The van der Waals surface area contributed by atoms with E-state index in [1.54, 1.807) is 18.0 Å². The van der Waals surface area contributed by atoms with Crippen molar-refractivity contribution in [3.8, 4) is 11.5 Å². The smallest absolute Gasteiger partial charge is 0.177 e. The number of nitrogens with one attached hydrogen (secondary N) is 1. The summed E-state index contributed by atoms with van der Waals surface area (Å²) in [6, 6.07) is 9.14. The molecule has 0 bridgehead atoms. The maximum absolute atomic E-state index is 10.5. The highest BCUT2D eigenvalue weighted by Gasteiger charge is 2.22. The van der Waals surface area contributed by atoms with Crippen molar-refractivity contribution in [3.63, 3.8) is 0 Å². The molecule has 2 aromatic carbocycles. The van der Waals surface area contributed by atoms with Crippen LogP contribution in [0.2, 0.25) is 0 Å². The first-order valence-corrected chi connectivity index (χ1v) is 10.4. The predicted octanol–water partition coefficient (Wildman–Crippen LogP) is 5.31. The van der Waals surface area contributed by atoms with Gasteiger partial charge in [0.05, 0.1) is 11.4 Å². The van der Waals surface area contributed by atoms with Crippen molar-refractivity contribution in [2.24, 2.45) is 0 Å². The van der Waals surface area contributed by atoms with Gasteiger partial charge in [-0.05, 0) is 68.7 Å². The van der Waals surface area contributed by atoms with Gasteiger partial charge < -0.3 is 20.4 Å². The van der Waals surface area contributed by atoms with Gasteiger partial charge in [-0.25, -0.2) is 0 Å². The second-order valence-corrected chi connectivity index (χ2v) is 7.53. The second kappa shape index (κ2) is 9.67. The summed E-state index contributed by atoms with van der Waals surface area (Å²) in [4.78, 5) is 3.92. The first-order chi connectivity index (χ1) is 14.2. The van der Waals surface area contributed by atoms with E-state index in [0.717, 1.165) is 34.7 Å². The minimum absolute atomic E-state index is 0.0527. The number of nitrogens with zero attached hydrogens (tertiary/aromatic N) is 2. The highest BCUT2D eigenvalue weighted by molar-refractivity contribution is 7.80. The number of phenols is 2. The van der Waals surface area contributed by atoms with Crippen LogP contribution in [0, 0.1) is 6.92 Å². The van der Waals surface area contributed by atoms with Crippen molar-refractivity contribution in [3.05, 3.63) is 65.9 Å². The number of benzene rings is 2. The zero-order chi connectivity index (χ0) is 22.6. The third-order valence-electron chi connectivity index (χ3n) is 5.09. The number of rotatable bonds is 7. The number of phenolic OH excluding ortho intramolecular Hbond substituents is 2. The molecule has 0 heterocycles. The van der Waals surface area contributed by atoms with Crippen LogP contribution in [0.4, 0.5) is 11.4 Å². The molecule has 0 fully saturated rings. The van der Waals surface area contributed by atoms with E-state index in [-0.39, 0.29) is 11.5 Å². The number of aryl methyl sites for hydroxylation is 2. The molecule has 0 saturated heterocycles. The predicted molar refractivity (Wildman–Crippen MR) is 131 cm³/mol. The summed E-state index contributed by atoms with van der Waals surface area (Å²) >= 11 is 5.58. The van der Waals surface area contributed by atoms with Crippen LogP contribution in [0.15, 0.2) is 49.2 Å². The fourth-order valence-electron chi connectivity index (χ4n) is 3.44. The molecule has 6 heteroatoms. The Kier molecular flexibility index (Phi) is 7.51. The van der Waals surface area contributed by atoms with Crippen LogP contribution in [0.3, 0.4) is 0 Å². The van der Waals surface area contributed by atoms with Crippen LogP contribution in [-0.4, -0.2) is 28.9 Å². The monoisotopic (exact) mass is 425 g/mol. The highest BCUT2D eigenvalue weighted by Crippen LogP contribution is 2.37. The summed E-state index contributed by atoms with van der Waals surface area (Å²) in [5.74, 6) is 0.00928. The molecule has 2 rings (SSSR count). The van der Waals surface area contributed by atoms with Crippen LogP contribution >= 0.6 is 12.2 Å². The van der Waals surface area contributed by atoms with Crippen LogP contribution < -0.4 is 15.1 Å². The number of allylic oxidation sites excluding steroid dienone is 1. The molecule has 0 unspecified atom stereocenters. The van der Waals surface area contributed by atoms with Crippen LogP contribution in [0.1, 0.15) is 37.5 Å². The summed E-state index contributed by atoms with van der Waals surface area (Å²) < 4.78 is 0. The van der Waals surface area contributed by atoms with Gasteiger partial charge in [0.2, 0.25) is 0 Å². The zero-order valence-corrected chi connectivity index (χ0v) is 19.2. The topological polar surface area (TPSA) is 59.0 Å². The Morgan fingerprint density at radius 1 is 1.10 bits per heavy atom. The molecule has 0 aliphatic rings. The molecule has 0 spiro atoms. The van der Waals surface area contributed by atoms with Crippen LogP contribution in [0.5, 0.6) is 11.5 Å². The number of anilines is 2. The van der Waals surface area contributed by atoms with E-state index in [0.29, 0.717) is 22.8 Å². The van der Waals surface area contributed by atoms with Crippen molar-refractivity contribution in [2.45, 2.75) is 34.1 Å². The maximum Gasteiger partial charge on any atom is 0.177 e. The van der Waals surface area contributed by atoms with Crippen molar-refractivity contribution < 1.29 is 10.2 Å². The summed E-state index contributed by atoms with van der Waals surface area (Å²) in [6.07, 6.45) is 0.627. The van der Waals surface area contributed by atoms with Gasteiger partial charge in [0.15, 0.2) is 5.11 Å². The van der Waals surface area contributed by atoms with Crippen LogP contribution in [0.25, 0.3) is 5.70 Å². The van der Waals surface area contributed by atoms with Crippen molar-refractivity contribution >= 4 is 34.4 Å². The maximum atomic E-state index is 10.5. The van der Waals surface area contributed by atoms with E-state index in [1.807, 2.05) is 32.0 Å². The number of aromatic hydroxyl groups is 2. The normalized spacial score (nSPS) is 10.4. The van der Waals surface area contributed by atoms with Crippen molar-refractivity contribution in [2.75, 3.05) is 23.4 Å². The van der Waals surface area contributed by atoms with E-state index in [9.17, 15) is 10.2 Å². The Balaban J connectivity index is 2.64. The molecule has 2 aromatic rings. The lowest BCUT2D eigenvalue weighted by molar-refractivity contribution is 0.445. The van der Waals surface area contributed by atoms with Gasteiger partial charge >= 0.3 is 0 Å². The Labute approximate surface area is 185 Å². The fourth-order valence-corrected chi connectivity index (χ4v) is 3.65. The molecular weight excluding hydrogens is 394 g/mol. The van der Waals surface area contributed by atoms with E-state index in [2.05, 4.69) is 37.2 Å². The standard InChI is InChI=1S/C24H31N3O2S/c1-8-18-12-20(23(29)14-22(18)28)17(6)27(24(30)25-7)19-11-10-16(5)21(13-19)26(9-2)15(3)4/h10-14,28-29H,3,6,8-9H2,1-2,4-5,7H3,(H,25,30). The molecule has 3 N–H and O–H groups in total. The minimum atomic E-state index is -0.0527. The average Bonchev–Trinajstić information content (AvgIpc) is 2.70. The first kappa shape index (κ1) is 23.3. The molecule has 160 valence electrons. The first-order valence-electron chi connectivity index (χ1n) is 9.95. The molecule has 0 atom stereocenters. The molecule has 30 heavy (non-hydrogen) atoms. The summed E-state index contributed by atoms with van der Waals surface area (Å²) in [5.41, 5.74) is 5.65. The van der Waals surface area contributed by atoms with E-state index < -0.39 is 0 Å². The summed E-state index contributed by atoms with van der Waals surface area (Å²) in [5, 5.41) is 24.0. The Morgan fingerprint density at radius 2 is 1.77 bits per heavy atom. The largest absolute Gasteiger partial charge is 0.508 e. The second-order valence-electron chi connectivity index (χ2n) is 7.14. The van der Waals surface area contributed by atoms with Gasteiger partial charge in [0.25, 0.3) is 0 Å². The minimum Gasteiger partial charge on any atom is -0.508 e. The zero-order valence-electron chi connectivity index (χ0n) is 18.4. The van der Waals surface area contributed by atoms with Gasteiger partial charge in [0.1, 0.15) is 11.5 Å². The summed E-state index contributed by atoms with van der Waals surface area (Å²) in [6.45, 7) is 17.1. The number of thiocarbonyl (C=S) groups is 1. The van der Waals surface area contributed by atoms with Gasteiger partial charge in [-0.2, -0.15) is 0 Å². The third-order valence-corrected chi connectivity index (χ3v) is 5.48.